The standard InChI is InChI=1S/C22H29ClN2O3S/c1-5-21(18-9-8-16(2)17(3)15-18)24-22(26)7-6-14-25(29(4,27)28)20-12-10-19(23)11-13-20/h8-13,15,21H,5-7,14H2,1-4H3,(H,24,26). The molecule has 0 heterocycles. The van der Waals surface area contributed by atoms with Crippen molar-refractivity contribution in [3.8, 4) is 0 Å². The van der Waals surface area contributed by atoms with E-state index in [-0.39, 0.29) is 24.9 Å². The summed E-state index contributed by atoms with van der Waals surface area (Å²) in [6, 6.07) is 12.8. The highest BCUT2D eigenvalue weighted by atomic mass is 35.5. The molecule has 29 heavy (non-hydrogen) atoms. The van der Waals surface area contributed by atoms with Gasteiger partial charge in [-0.1, -0.05) is 36.7 Å². The third-order valence-corrected chi connectivity index (χ3v) is 6.40. The molecule has 0 aliphatic rings. The fourth-order valence-electron chi connectivity index (χ4n) is 3.15. The van der Waals surface area contributed by atoms with Gasteiger partial charge in [0.2, 0.25) is 15.9 Å². The maximum Gasteiger partial charge on any atom is 0.232 e. The van der Waals surface area contributed by atoms with E-state index in [0.29, 0.717) is 17.1 Å². The molecule has 2 aromatic rings. The Hall–Kier alpha value is -2.05. The van der Waals surface area contributed by atoms with Crippen molar-refractivity contribution in [3.63, 3.8) is 0 Å². The van der Waals surface area contributed by atoms with E-state index in [9.17, 15) is 13.2 Å². The molecular formula is C22H29ClN2O3S. The first kappa shape index (κ1) is 23.2. The van der Waals surface area contributed by atoms with Gasteiger partial charge in [-0.05, 0) is 67.6 Å². The number of amides is 1. The lowest BCUT2D eigenvalue weighted by molar-refractivity contribution is -0.121. The molecule has 0 bridgehead atoms. The molecule has 1 atom stereocenters. The van der Waals surface area contributed by atoms with Crippen LogP contribution in [-0.4, -0.2) is 27.1 Å². The van der Waals surface area contributed by atoms with E-state index in [4.69, 9.17) is 11.6 Å². The van der Waals surface area contributed by atoms with Gasteiger partial charge in [0.1, 0.15) is 0 Å². The lowest BCUT2D eigenvalue weighted by Crippen LogP contribution is -2.33. The van der Waals surface area contributed by atoms with Crippen molar-refractivity contribution >= 4 is 33.2 Å². The lowest BCUT2D eigenvalue weighted by atomic mass is 9.99. The van der Waals surface area contributed by atoms with Crippen molar-refractivity contribution in [1.82, 2.24) is 5.32 Å². The molecule has 2 rings (SSSR count). The van der Waals surface area contributed by atoms with Gasteiger partial charge >= 0.3 is 0 Å². The molecule has 0 aromatic heterocycles. The van der Waals surface area contributed by atoms with Crippen LogP contribution in [-0.2, 0) is 14.8 Å². The van der Waals surface area contributed by atoms with Crippen molar-refractivity contribution in [2.24, 2.45) is 0 Å². The number of nitrogens with one attached hydrogen (secondary N) is 1. The SMILES string of the molecule is CCC(NC(=O)CCCN(c1ccc(Cl)cc1)S(C)(=O)=O)c1ccc(C)c(C)c1. The molecule has 5 nitrogen and oxygen atoms in total. The van der Waals surface area contributed by atoms with Crippen molar-refractivity contribution in [1.29, 1.82) is 0 Å². The topological polar surface area (TPSA) is 66.5 Å². The number of rotatable bonds is 9. The Balaban J connectivity index is 1.97. The molecule has 0 spiro atoms. The van der Waals surface area contributed by atoms with Gasteiger partial charge in [0.25, 0.3) is 0 Å². The minimum absolute atomic E-state index is 0.0518. The van der Waals surface area contributed by atoms with Crippen LogP contribution >= 0.6 is 11.6 Å². The Labute approximate surface area is 179 Å². The van der Waals surface area contributed by atoms with Gasteiger partial charge in [0.15, 0.2) is 0 Å². The van der Waals surface area contributed by atoms with Crippen LogP contribution in [0.1, 0.15) is 48.9 Å². The summed E-state index contributed by atoms with van der Waals surface area (Å²) in [5.74, 6) is -0.0837. The van der Waals surface area contributed by atoms with Crippen LogP contribution in [0.2, 0.25) is 5.02 Å². The highest BCUT2D eigenvalue weighted by Gasteiger charge is 2.18. The number of sulfonamides is 1. The summed E-state index contributed by atoms with van der Waals surface area (Å²) in [4.78, 5) is 12.5. The molecule has 0 fully saturated rings. The molecule has 0 aliphatic heterocycles. The van der Waals surface area contributed by atoms with E-state index >= 15 is 0 Å². The van der Waals surface area contributed by atoms with Crippen LogP contribution in [0.4, 0.5) is 5.69 Å². The second kappa shape index (κ2) is 10.1. The highest BCUT2D eigenvalue weighted by molar-refractivity contribution is 7.92. The average Bonchev–Trinajstić information content (AvgIpc) is 2.65. The van der Waals surface area contributed by atoms with Crippen LogP contribution in [0.5, 0.6) is 0 Å². The van der Waals surface area contributed by atoms with E-state index in [1.807, 2.05) is 13.0 Å². The van der Waals surface area contributed by atoms with Crippen LogP contribution in [0.3, 0.4) is 0 Å². The van der Waals surface area contributed by atoms with Crippen molar-refractivity contribution in [2.45, 2.75) is 46.1 Å². The number of aryl methyl sites for hydroxylation is 2. The monoisotopic (exact) mass is 436 g/mol. The molecule has 1 N–H and O–H groups in total. The van der Waals surface area contributed by atoms with Crippen LogP contribution in [0.15, 0.2) is 42.5 Å². The number of hydrogen-bond acceptors (Lipinski definition) is 3. The van der Waals surface area contributed by atoms with Gasteiger partial charge in [-0.25, -0.2) is 8.42 Å². The second-order valence-electron chi connectivity index (χ2n) is 7.29. The van der Waals surface area contributed by atoms with Gasteiger partial charge in [0, 0.05) is 18.0 Å². The zero-order valence-corrected chi connectivity index (χ0v) is 19.0. The summed E-state index contributed by atoms with van der Waals surface area (Å²) < 4.78 is 25.6. The molecule has 0 aliphatic carbocycles. The van der Waals surface area contributed by atoms with Gasteiger partial charge < -0.3 is 5.32 Å². The first-order valence-corrected chi connectivity index (χ1v) is 11.9. The normalized spacial score (nSPS) is 12.4. The number of hydrogen-bond donors (Lipinski definition) is 1. The lowest BCUT2D eigenvalue weighted by Gasteiger charge is -2.23. The van der Waals surface area contributed by atoms with Gasteiger partial charge in [0.05, 0.1) is 18.0 Å². The Kier molecular flexibility index (Phi) is 8.11. The van der Waals surface area contributed by atoms with Crippen LogP contribution in [0.25, 0.3) is 0 Å². The van der Waals surface area contributed by atoms with Crippen molar-refractivity contribution in [2.75, 3.05) is 17.1 Å². The largest absolute Gasteiger partial charge is 0.349 e. The van der Waals surface area contributed by atoms with E-state index in [0.717, 1.165) is 18.2 Å². The third-order valence-electron chi connectivity index (χ3n) is 4.96. The Bertz CT molecular complexity index is 943. The minimum Gasteiger partial charge on any atom is -0.349 e. The predicted octanol–water partition coefficient (Wildman–Crippen LogP) is 4.77. The van der Waals surface area contributed by atoms with E-state index in [1.54, 1.807) is 24.3 Å². The number of benzene rings is 2. The third kappa shape index (κ3) is 6.75. The van der Waals surface area contributed by atoms with Gasteiger partial charge in [-0.3, -0.25) is 9.10 Å². The molecule has 158 valence electrons. The predicted molar refractivity (Wildman–Crippen MR) is 120 cm³/mol. The number of carbonyl (C=O) groups excluding carboxylic acids is 1. The number of nitrogens with zero attached hydrogens (tertiary/aromatic N) is 1. The maximum absolute atomic E-state index is 12.5. The van der Waals surface area contributed by atoms with E-state index in [1.165, 1.54) is 15.4 Å². The Morgan fingerprint density at radius 2 is 1.76 bits per heavy atom. The van der Waals surface area contributed by atoms with Crippen molar-refractivity contribution < 1.29 is 13.2 Å². The fraction of sp³-hybridized carbons (Fsp3) is 0.409. The summed E-state index contributed by atoms with van der Waals surface area (Å²) in [7, 11) is -3.45. The summed E-state index contributed by atoms with van der Waals surface area (Å²) in [5.41, 5.74) is 4.04. The average molecular weight is 437 g/mol. The molecule has 2 aromatic carbocycles. The zero-order chi connectivity index (χ0) is 21.6. The second-order valence-corrected chi connectivity index (χ2v) is 9.63. The smallest absolute Gasteiger partial charge is 0.232 e. The summed E-state index contributed by atoms with van der Waals surface area (Å²) >= 11 is 5.89. The molecule has 1 amide bonds. The summed E-state index contributed by atoms with van der Waals surface area (Å²) in [6.07, 6.45) is 2.62. The zero-order valence-electron chi connectivity index (χ0n) is 17.4. The van der Waals surface area contributed by atoms with Gasteiger partial charge in [-0.2, -0.15) is 0 Å². The van der Waals surface area contributed by atoms with Crippen LogP contribution in [0, 0.1) is 13.8 Å². The highest BCUT2D eigenvalue weighted by Crippen LogP contribution is 2.22. The van der Waals surface area contributed by atoms with Crippen LogP contribution < -0.4 is 9.62 Å². The first-order valence-electron chi connectivity index (χ1n) is 9.71. The molecule has 7 heteroatoms. The molecule has 0 saturated heterocycles. The Morgan fingerprint density at radius 1 is 1.10 bits per heavy atom. The van der Waals surface area contributed by atoms with E-state index < -0.39 is 10.0 Å². The Morgan fingerprint density at radius 3 is 2.31 bits per heavy atom. The summed E-state index contributed by atoms with van der Waals surface area (Å²) in [6.45, 7) is 6.39. The number of anilines is 1. The quantitative estimate of drug-likeness (QED) is 0.615. The molecule has 1 unspecified atom stereocenters. The summed E-state index contributed by atoms with van der Waals surface area (Å²) in [5, 5.41) is 3.61. The maximum atomic E-state index is 12.5. The fourth-order valence-corrected chi connectivity index (χ4v) is 4.24. The minimum atomic E-state index is -3.45. The molecule has 0 radical (unpaired) electrons. The number of carbonyl (C=O) groups is 1. The van der Waals surface area contributed by atoms with Gasteiger partial charge in [-0.15, -0.1) is 0 Å². The molecule has 0 saturated carbocycles. The van der Waals surface area contributed by atoms with E-state index in [2.05, 4.69) is 31.3 Å². The first-order chi connectivity index (χ1) is 13.6. The number of halogens is 1. The van der Waals surface area contributed by atoms with Crippen molar-refractivity contribution in [3.05, 3.63) is 64.2 Å². The molecular weight excluding hydrogens is 408 g/mol.